The largest absolute Gasteiger partial charge is 0.389 e. The second-order valence-corrected chi connectivity index (χ2v) is 5.81. The lowest BCUT2D eigenvalue weighted by Gasteiger charge is -2.39. The third-order valence-electron chi connectivity index (χ3n) is 3.85. The highest BCUT2D eigenvalue weighted by Crippen LogP contribution is 2.26. The first-order valence-corrected chi connectivity index (χ1v) is 7.11. The van der Waals surface area contributed by atoms with Crippen LogP contribution >= 0.6 is 0 Å². The van der Waals surface area contributed by atoms with E-state index in [0.29, 0.717) is 13.0 Å². The van der Waals surface area contributed by atoms with E-state index in [1.54, 1.807) is 0 Å². The molecular formula is C15H23N3O2. The number of aryl methyl sites for hydroxylation is 1. The lowest BCUT2D eigenvalue weighted by atomic mass is 9.88. The number of likely N-dealkylation sites (tertiary alicyclic amines) is 1. The van der Waals surface area contributed by atoms with E-state index >= 15 is 0 Å². The Kier molecular flexibility index (Phi) is 4.73. The summed E-state index contributed by atoms with van der Waals surface area (Å²) in [5.74, 6) is -0.349. The molecular weight excluding hydrogens is 254 g/mol. The molecule has 0 aliphatic carbocycles. The van der Waals surface area contributed by atoms with Crippen LogP contribution in [0.2, 0.25) is 0 Å². The molecule has 1 aliphatic rings. The fourth-order valence-electron chi connectivity index (χ4n) is 2.75. The van der Waals surface area contributed by atoms with E-state index in [-0.39, 0.29) is 12.3 Å². The van der Waals surface area contributed by atoms with Gasteiger partial charge < -0.3 is 10.8 Å². The number of carbonyl (C=O) groups is 1. The van der Waals surface area contributed by atoms with Crippen LogP contribution < -0.4 is 5.73 Å². The van der Waals surface area contributed by atoms with Gasteiger partial charge in [-0.1, -0.05) is 6.07 Å². The highest BCUT2D eigenvalue weighted by molar-refractivity contribution is 5.73. The maximum Gasteiger partial charge on any atom is 0.217 e. The van der Waals surface area contributed by atoms with Gasteiger partial charge in [0.25, 0.3) is 0 Å². The highest BCUT2D eigenvalue weighted by Gasteiger charge is 2.33. The summed E-state index contributed by atoms with van der Waals surface area (Å²) in [6.45, 7) is 4.31. The molecule has 5 heteroatoms. The quantitative estimate of drug-likeness (QED) is 0.841. The van der Waals surface area contributed by atoms with Gasteiger partial charge in [-0.15, -0.1) is 0 Å². The van der Waals surface area contributed by atoms with Gasteiger partial charge in [-0.25, -0.2) is 0 Å². The molecule has 1 amide bonds. The summed E-state index contributed by atoms with van der Waals surface area (Å²) < 4.78 is 0. The molecule has 3 N–H and O–H groups in total. The monoisotopic (exact) mass is 277 g/mol. The van der Waals surface area contributed by atoms with Gasteiger partial charge >= 0.3 is 0 Å². The van der Waals surface area contributed by atoms with Gasteiger partial charge in [0, 0.05) is 31.4 Å². The number of β-amino-alcohol motifs (C(OH)–C–C–N with tert-alkyl or cyclic N) is 1. The van der Waals surface area contributed by atoms with E-state index in [0.717, 1.165) is 37.2 Å². The van der Waals surface area contributed by atoms with Crippen molar-refractivity contribution < 1.29 is 9.90 Å². The van der Waals surface area contributed by atoms with Crippen LogP contribution in [0.3, 0.4) is 0 Å². The molecule has 0 radical (unpaired) electrons. The summed E-state index contributed by atoms with van der Waals surface area (Å²) in [6, 6.07) is 4.07. The second-order valence-electron chi connectivity index (χ2n) is 5.81. The minimum Gasteiger partial charge on any atom is -0.389 e. The van der Waals surface area contributed by atoms with E-state index in [9.17, 15) is 9.90 Å². The van der Waals surface area contributed by atoms with Crippen molar-refractivity contribution in [2.75, 3.05) is 13.1 Å². The third kappa shape index (κ3) is 4.28. The van der Waals surface area contributed by atoms with Crippen molar-refractivity contribution in [2.45, 2.75) is 44.8 Å². The van der Waals surface area contributed by atoms with Crippen molar-refractivity contribution >= 4 is 5.91 Å². The molecule has 1 aromatic rings. The van der Waals surface area contributed by atoms with Crippen LogP contribution in [0.5, 0.6) is 0 Å². The Morgan fingerprint density at radius 2 is 2.35 bits per heavy atom. The second kappa shape index (κ2) is 6.33. The summed E-state index contributed by atoms with van der Waals surface area (Å²) in [5.41, 5.74) is 6.54. The van der Waals surface area contributed by atoms with Crippen LogP contribution in [-0.4, -0.2) is 39.6 Å². The minimum absolute atomic E-state index is 0.246. The predicted molar refractivity (Wildman–Crippen MR) is 76.9 cm³/mol. The topological polar surface area (TPSA) is 79.5 Å². The van der Waals surface area contributed by atoms with Crippen molar-refractivity contribution in [1.29, 1.82) is 0 Å². The van der Waals surface area contributed by atoms with Crippen LogP contribution in [0.1, 0.15) is 36.9 Å². The van der Waals surface area contributed by atoms with E-state index in [4.69, 9.17) is 5.73 Å². The summed E-state index contributed by atoms with van der Waals surface area (Å²) in [7, 11) is 0. The lowest BCUT2D eigenvalue weighted by molar-refractivity contribution is -0.120. The number of aromatic nitrogens is 1. The summed E-state index contributed by atoms with van der Waals surface area (Å²) in [6.07, 6.45) is 4.26. The Morgan fingerprint density at radius 1 is 1.55 bits per heavy atom. The lowest BCUT2D eigenvalue weighted by Crippen LogP contribution is -2.48. The molecule has 1 fully saturated rings. The van der Waals surface area contributed by atoms with E-state index in [1.165, 1.54) is 0 Å². The number of nitrogens with zero attached hydrogens (tertiary/aromatic N) is 2. The third-order valence-corrected chi connectivity index (χ3v) is 3.85. The maximum atomic E-state index is 10.9. The number of aliphatic hydroxyl groups is 1. The molecule has 2 rings (SSSR count). The van der Waals surface area contributed by atoms with E-state index in [2.05, 4.69) is 16.0 Å². The molecule has 1 aromatic heterocycles. The number of carbonyl (C=O) groups excluding carboxylic acids is 1. The molecule has 1 saturated heterocycles. The average molecular weight is 277 g/mol. The molecule has 0 saturated carbocycles. The SMILES string of the molecule is Cc1ccc(CN2CCC[C@](O)(CCC(N)=O)C2)cn1. The van der Waals surface area contributed by atoms with Crippen LogP contribution in [0, 0.1) is 6.92 Å². The van der Waals surface area contributed by atoms with E-state index in [1.807, 2.05) is 19.2 Å². The minimum atomic E-state index is -0.786. The van der Waals surface area contributed by atoms with Crippen molar-refractivity contribution in [1.82, 2.24) is 9.88 Å². The summed E-state index contributed by atoms with van der Waals surface area (Å²) in [5, 5.41) is 10.5. The molecule has 0 bridgehead atoms. The van der Waals surface area contributed by atoms with E-state index < -0.39 is 5.60 Å². The Balaban J connectivity index is 1.92. The Bertz CT molecular complexity index is 461. The van der Waals surface area contributed by atoms with Crippen LogP contribution in [-0.2, 0) is 11.3 Å². The highest BCUT2D eigenvalue weighted by atomic mass is 16.3. The first-order chi connectivity index (χ1) is 9.47. The zero-order chi connectivity index (χ0) is 14.6. The van der Waals surface area contributed by atoms with Crippen molar-refractivity contribution in [3.8, 4) is 0 Å². The van der Waals surface area contributed by atoms with Crippen LogP contribution in [0.25, 0.3) is 0 Å². The molecule has 5 nitrogen and oxygen atoms in total. The fourth-order valence-corrected chi connectivity index (χ4v) is 2.75. The molecule has 1 aliphatic heterocycles. The average Bonchev–Trinajstić information content (AvgIpc) is 2.40. The first kappa shape index (κ1) is 14.9. The van der Waals surface area contributed by atoms with Crippen LogP contribution in [0.15, 0.2) is 18.3 Å². The predicted octanol–water partition coefficient (Wildman–Crippen LogP) is 0.982. The van der Waals surface area contributed by atoms with Gasteiger partial charge in [-0.3, -0.25) is 14.7 Å². The van der Waals surface area contributed by atoms with Crippen LogP contribution in [0.4, 0.5) is 0 Å². The zero-order valence-electron chi connectivity index (χ0n) is 12.0. The number of pyridine rings is 1. The number of amides is 1. The number of hydrogen-bond acceptors (Lipinski definition) is 4. The summed E-state index contributed by atoms with van der Waals surface area (Å²) in [4.78, 5) is 17.4. The first-order valence-electron chi connectivity index (χ1n) is 7.11. The Labute approximate surface area is 119 Å². The van der Waals surface area contributed by atoms with Crippen molar-refractivity contribution in [3.05, 3.63) is 29.6 Å². The van der Waals surface area contributed by atoms with Gasteiger partial charge in [0.15, 0.2) is 0 Å². The number of rotatable bonds is 5. The number of nitrogens with two attached hydrogens (primary N) is 1. The fraction of sp³-hybridized carbons (Fsp3) is 0.600. The normalized spacial score (nSPS) is 23.7. The van der Waals surface area contributed by atoms with Gasteiger partial charge in [0.2, 0.25) is 5.91 Å². The maximum absolute atomic E-state index is 10.9. The molecule has 0 unspecified atom stereocenters. The molecule has 110 valence electrons. The Morgan fingerprint density at radius 3 is 3.00 bits per heavy atom. The molecule has 20 heavy (non-hydrogen) atoms. The number of hydrogen-bond donors (Lipinski definition) is 2. The molecule has 0 spiro atoms. The van der Waals surface area contributed by atoms with Gasteiger partial charge in [-0.05, 0) is 44.4 Å². The van der Waals surface area contributed by atoms with Gasteiger partial charge in [-0.2, -0.15) is 0 Å². The molecule has 1 atom stereocenters. The standard InChI is InChI=1S/C15H23N3O2/c1-12-3-4-13(9-17-12)10-18-8-2-6-15(20,11-18)7-5-14(16)19/h3-4,9,20H,2,5-8,10-11H2,1H3,(H2,16,19)/t15-/m0/s1. The molecule has 2 heterocycles. The number of primary amides is 1. The van der Waals surface area contributed by atoms with Gasteiger partial charge in [0.1, 0.15) is 0 Å². The van der Waals surface area contributed by atoms with Crippen molar-refractivity contribution in [3.63, 3.8) is 0 Å². The number of piperidine rings is 1. The molecule has 0 aromatic carbocycles. The smallest absolute Gasteiger partial charge is 0.217 e. The Hall–Kier alpha value is -1.46. The summed E-state index contributed by atoms with van der Waals surface area (Å²) >= 11 is 0. The van der Waals surface area contributed by atoms with Gasteiger partial charge in [0.05, 0.1) is 5.60 Å². The van der Waals surface area contributed by atoms with Crippen molar-refractivity contribution in [2.24, 2.45) is 5.73 Å². The zero-order valence-corrected chi connectivity index (χ0v) is 12.0.